The molecule has 2 atom stereocenters. The fraction of sp³-hybridized carbons (Fsp3) is 0.481. The van der Waals surface area contributed by atoms with E-state index in [1.165, 1.54) is 19.1 Å². The van der Waals surface area contributed by atoms with Crippen LogP contribution in [-0.2, 0) is 4.79 Å². The van der Waals surface area contributed by atoms with Crippen molar-refractivity contribution in [3.63, 3.8) is 0 Å². The summed E-state index contributed by atoms with van der Waals surface area (Å²) < 4.78 is 27.8. The Balaban J connectivity index is 1.77. The van der Waals surface area contributed by atoms with Crippen LogP contribution in [0.2, 0.25) is 0 Å². The van der Waals surface area contributed by atoms with Gasteiger partial charge in [-0.2, -0.15) is 0 Å². The fourth-order valence-electron chi connectivity index (χ4n) is 5.30. The molecule has 0 unspecified atom stereocenters. The van der Waals surface area contributed by atoms with E-state index in [1.54, 1.807) is 0 Å². The van der Waals surface area contributed by atoms with E-state index in [4.69, 9.17) is 14.5 Å². The minimum Gasteiger partial charge on any atom is -0.491 e. The minimum absolute atomic E-state index is 0.0981. The van der Waals surface area contributed by atoms with E-state index >= 15 is 0 Å². The number of rotatable bonds is 6. The largest absolute Gasteiger partial charge is 0.491 e. The van der Waals surface area contributed by atoms with E-state index in [1.807, 2.05) is 38.1 Å². The van der Waals surface area contributed by atoms with Crippen LogP contribution in [-0.4, -0.2) is 21.6 Å². The van der Waals surface area contributed by atoms with E-state index in [-0.39, 0.29) is 23.3 Å². The Bertz CT molecular complexity index is 1180. The van der Waals surface area contributed by atoms with Crippen molar-refractivity contribution in [3.05, 3.63) is 42.2 Å². The van der Waals surface area contributed by atoms with Crippen LogP contribution in [0.1, 0.15) is 66.8 Å². The van der Waals surface area contributed by atoms with Crippen molar-refractivity contribution in [1.82, 2.24) is 9.55 Å². The second-order valence-corrected chi connectivity index (χ2v) is 10.6. The van der Waals surface area contributed by atoms with Crippen LogP contribution in [0.4, 0.5) is 16.0 Å². The number of carbonyl (C=O) groups excluding carboxylic acids is 1. The van der Waals surface area contributed by atoms with Gasteiger partial charge in [-0.25, -0.2) is 9.37 Å². The summed E-state index contributed by atoms with van der Waals surface area (Å²) in [5.41, 5.74) is 2.29. The van der Waals surface area contributed by atoms with Crippen LogP contribution in [0.3, 0.4) is 0 Å². The predicted molar refractivity (Wildman–Crippen MR) is 132 cm³/mol. The number of fused-ring (bicyclic) bond motifs is 1. The lowest BCUT2D eigenvalue weighted by molar-refractivity contribution is -0.132. The van der Waals surface area contributed by atoms with Crippen LogP contribution < -0.4 is 14.8 Å². The van der Waals surface area contributed by atoms with Crippen molar-refractivity contribution in [2.24, 2.45) is 11.3 Å². The number of ether oxygens (including phenoxy) is 2. The summed E-state index contributed by atoms with van der Waals surface area (Å²) in [6.07, 6.45) is 3.20. The Morgan fingerprint density at radius 3 is 2.53 bits per heavy atom. The second-order valence-electron chi connectivity index (χ2n) is 10.6. The molecule has 4 rings (SSSR count). The fourth-order valence-corrected chi connectivity index (χ4v) is 5.30. The normalized spacial score (nSPS) is 19.9. The Morgan fingerprint density at radius 1 is 1.21 bits per heavy atom. The molecule has 6 nitrogen and oxygen atoms in total. The third kappa shape index (κ3) is 5.34. The summed E-state index contributed by atoms with van der Waals surface area (Å²) in [6, 6.07) is 10.8. The zero-order valence-corrected chi connectivity index (χ0v) is 20.8. The molecule has 1 saturated carbocycles. The molecule has 34 heavy (non-hydrogen) atoms. The molecular weight excluding hydrogens is 433 g/mol. The monoisotopic (exact) mass is 467 g/mol. The molecule has 0 aliphatic heterocycles. The van der Waals surface area contributed by atoms with Crippen LogP contribution in [0.25, 0.3) is 11.0 Å². The first-order chi connectivity index (χ1) is 16.0. The molecule has 7 heteroatoms. The van der Waals surface area contributed by atoms with Gasteiger partial charge < -0.3 is 19.4 Å². The van der Waals surface area contributed by atoms with Crippen LogP contribution >= 0.6 is 0 Å². The average molecular weight is 468 g/mol. The molecule has 3 aromatic rings. The lowest BCUT2D eigenvalue weighted by Gasteiger charge is -2.40. The number of imidazole rings is 1. The molecule has 1 aromatic heterocycles. The minimum atomic E-state index is -0.575. The van der Waals surface area contributed by atoms with Gasteiger partial charge in [-0.15, -0.1) is 0 Å². The van der Waals surface area contributed by atoms with Gasteiger partial charge in [0.1, 0.15) is 5.75 Å². The number of hydrogen-bond acceptors (Lipinski definition) is 5. The highest BCUT2D eigenvalue weighted by molar-refractivity contribution is 5.83. The number of anilines is 2. The summed E-state index contributed by atoms with van der Waals surface area (Å²) in [4.78, 5) is 16.2. The van der Waals surface area contributed by atoms with Crippen LogP contribution in [0.5, 0.6) is 11.5 Å². The van der Waals surface area contributed by atoms with Crippen LogP contribution in [0, 0.1) is 17.2 Å². The van der Waals surface area contributed by atoms with Gasteiger partial charge in [0.05, 0.1) is 17.1 Å². The maximum Gasteiger partial charge on any atom is 0.308 e. The van der Waals surface area contributed by atoms with Crippen LogP contribution in [0.15, 0.2) is 36.4 Å². The van der Waals surface area contributed by atoms with Crippen molar-refractivity contribution >= 4 is 28.6 Å². The molecule has 1 aliphatic carbocycles. The lowest BCUT2D eigenvalue weighted by atomic mass is 9.70. The highest BCUT2D eigenvalue weighted by Gasteiger charge is 2.35. The topological polar surface area (TPSA) is 65.4 Å². The maximum atomic E-state index is 14.9. The summed E-state index contributed by atoms with van der Waals surface area (Å²) in [5, 5.41) is 3.43. The highest BCUT2D eigenvalue weighted by atomic mass is 19.1. The number of benzene rings is 2. The van der Waals surface area contributed by atoms with Crippen molar-refractivity contribution in [3.8, 4) is 11.5 Å². The molecule has 1 heterocycles. The quantitative estimate of drug-likeness (QED) is 0.312. The number of halogens is 1. The molecule has 1 N–H and O–H groups in total. The first kappa shape index (κ1) is 24.0. The summed E-state index contributed by atoms with van der Waals surface area (Å²) >= 11 is 0. The Kier molecular flexibility index (Phi) is 6.56. The summed E-state index contributed by atoms with van der Waals surface area (Å²) in [6.45, 7) is 12.1. The zero-order chi connectivity index (χ0) is 24.6. The summed E-state index contributed by atoms with van der Waals surface area (Å²) in [5.74, 6) is 0.725. The van der Waals surface area contributed by atoms with Crippen molar-refractivity contribution < 1.29 is 18.7 Å². The van der Waals surface area contributed by atoms with Crippen molar-refractivity contribution in [1.29, 1.82) is 0 Å². The van der Waals surface area contributed by atoms with Gasteiger partial charge in [0.25, 0.3) is 0 Å². The number of nitrogens with zero attached hydrogens (tertiary/aromatic N) is 2. The third-order valence-corrected chi connectivity index (χ3v) is 6.21. The van der Waals surface area contributed by atoms with Gasteiger partial charge in [0.15, 0.2) is 11.6 Å². The molecule has 0 saturated heterocycles. The molecule has 2 aromatic carbocycles. The highest BCUT2D eigenvalue weighted by Crippen LogP contribution is 2.46. The van der Waals surface area contributed by atoms with Gasteiger partial charge in [0.2, 0.25) is 5.95 Å². The number of aromatic nitrogens is 2. The van der Waals surface area contributed by atoms with E-state index in [9.17, 15) is 9.18 Å². The molecule has 0 spiro atoms. The maximum absolute atomic E-state index is 14.9. The molecular formula is C27H34FN3O3. The molecule has 0 bridgehead atoms. The first-order valence-corrected chi connectivity index (χ1v) is 11.9. The Morgan fingerprint density at radius 2 is 1.91 bits per heavy atom. The number of hydrogen-bond donors (Lipinski definition) is 1. The van der Waals surface area contributed by atoms with E-state index in [0.29, 0.717) is 22.9 Å². The van der Waals surface area contributed by atoms with E-state index in [0.717, 1.165) is 30.7 Å². The molecule has 1 fully saturated rings. The van der Waals surface area contributed by atoms with Gasteiger partial charge in [-0.3, -0.25) is 4.79 Å². The first-order valence-electron chi connectivity index (χ1n) is 11.9. The predicted octanol–water partition coefficient (Wildman–Crippen LogP) is 7.02. The lowest BCUT2D eigenvalue weighted by Crippen LogP contribution is -2.29. The van der Waals surface area contributed by atoms with Gasteiger partial charge >= 0.3 is 5.97 Å². The third-order valence-electron chi connectivity index (χ3n) is 6.21. The van der Waals surface area contributed by atoms with E-state index in [2.05, 4.69) is 30.7 Å². The SMILES string of the molecule is CC(=O)Oc1cc2nc(Nc3ccc(OC(C)C)cc3)n([C@H]3C[C@@H](C)CC(C)(C)C3)c2cc1F. The molecule has 1 aliphatic rings. The Hall–Kier alpha value is -3.09. The standard InChI is InChI=1S/C27H34FN3O3/c1-16(2)33-21-9-7-19(8-10-21)29-26-30-23-13-25(34-18(4)32)22(28)12-24(23)31(26)20-11-17(3)14-27(5,6)15-20/h7-10,12-13,16-17,20H,11,14-15H2,1-6H3,(H,29,30)/t17-,20+/m1/s1. The van der Waals surface area contributed by atoms with Crippen molar-refractivity contribution in [2.75, 3.05) is 5.32 Å². The zero-order valence-electron chi connectivity index (χ0n) is 20.8. The number of nitrogens with one attached hydrogen (secondary N) is 1. The van der Waals surface area contributed by atoms with Gasteiger partial charge in [-0.05, 0) is 68.7 Å². The number of esters is 1. The molecule has 0 amide bonds. The van der Waals surface area contributed by atoms with Gasteiger partial charge in [-0.1, -0.05) is 20.8 Å². The van der Waals surface area contributed by atoms with Gasteiger partial charge in [0, 0.05) is 30.8 Å². The smallest absolute Gasteiger partial charge is 0.308 e. The molecule has 0 radical (unpaired) electrons. The average Bonchev–Trinajstić information content (AvgIpc) is 3.04. The second kappa shape index (κ2) is 9.28. The Labute approximate surface area is 200 Å². The summed E-state index contributed by atoms with van der Waals surface area (Å²) in [7, 11) is 0. The molecule has 182 valence electrons. The number of carbonyl (C=O) groups is 1. The van der Waals surface area contributed by atoms with E-state index < -0.39 is 11.8 Å². The van der Waals surface area contributed by atoms with Crippen molar-refractivity contribution in [2.45, 2.75) is 73.0 Å².